The predicted octanol–water partition coefficient (Wildman–Crippen LogP) is 3.19. The van der Waals surface area contributed by atoms with Gasteiger partial charge in [-0.2, -0.15) is 0 Å². The average Bonchev–Trinajstić information content (AvgIpc) is 2.84. The lowest BCUT2D eigenvalue weighted by Gasteiger charge is -2.38. The number of amides is 1. The summed E-state index contributed by atoms with van der Waals surface area (Å²) in [6, 6.07) is 8.16. The molecule has 1 aromatic carbocycles. The van der Waals surface area contributed by atoms with Crippen LogP contribution in [0.15, 0.2) is 49.2 Å². The van der Waals surface area contributed by atoms with E-state index in [9.17, 15) is 4.79 Å². The summed E-state index contributed by atoms with van der Waals surface area (Å²) in [5, 5.41) is 0. The van der Waals surface area contributed by atoms with Crippen LogP contribution in [-0.2, 0) is 14.9 Å². The fourth-order valence-corrected chi connectivity index (χ4v) is 3.99. The quantitative estimate of drug-likeness (QED) is 0.595. The molecule has 0 spiro atoms. The summed E-state index contributed by atoms with van der Waals surface area (Å²) in [5.74, 6) is 0.656. The molecule has 0 unspecified atom stereocenters. The second kappa shape index (κ2) is 9.23. The van der Waals surface area contributed by atoms with E-state index in [1.54, 1.807) is 18.6 Å². The zero-order valence-corrected chi connectivity index (χ0v) is 19.8. The zero-order valence-electron chi connectivity index (χ0n) is 19.8. The highest BCUT2D eigenvalue weighted by Gasteiger charge is 2.37. The van der Waals surface area contributed by atoms with E-state index in [1.165, 1.54) is 11.9 Å². The molecule has 1 saturated heterocycles. The number of rotatable bonds is 5. The van der Waals surface area contributed by atoms with Gasteiger partial charge in [0.05, 0.1) is 24.3 Å². The highest BCUT2D eigenvalue weighted by atomic mass is 16.5. The van der Waals surface area contributed by atoms with E-state index in [0.29, 0.717) is 25.6 Å². The van der Waals surface area contributed by atoms with Crippen molar-refractivity contribution < 1.29 is 9.53 Å². The summed E-state index contributed by atoms with van der Waals surface area (Å²) in [7, 11) is 3.79. The lowest BCUT2D eigenvalue weighted by atomic mass is 9.82. The molecule has 4 rings (SSSR count). The van der Waals surface area contributed by atoms with Crippen LogP contribution >= 0.6 is 0 Å². The number of anilines is 1. The third-order valence-electron chi connectivity index (χ3n) is 6.04. The second-order valence-corrected chi connectivity index (χ2v) is 9.09. The molecule has 1 aliphatic rings. The molecule has 3 heterocycles. The van der Waals surface area contributed by atoms with Gasteiger partial charge in [0.15, 0.2) is 0 Å². The maximum absolute atomic E-state index is 13.6. The van der Waals surface area contributed by atoms with E-state index < -0.39 is 5.41 Å². The number of carbonyl (C=O) groups excluding carboxylic acids is 1. The molecule has 2 aromatic heterocycles. The molecule has 0 N–H and O–H groups in total. The van der Waals surface area contributed by atoms with Gasteiger partial charge in [0.25, 0.3) is 0 Å². The van der Waals surface area contributed by atoms with E-state index in [4.69, 9.17) is 9.72 Å². The number of morpholine rings is 1. The predicted molar refractivity (Wildman–Crippen MR) is 127 cm³/mol. The van der Waals surface area contributed by atoms with Gasteiger partial charge in [-0.1, -0.05) is 29.8 Å². The maximum atomic E-state index is 13.6. The Morgan fingerprint density at radius 2 is 1.82 bits per heavy atom. The van der Waals surface area contributed by atoms with Gasteiger partial charge >= 0.3 is 0 Å². The number of ether oxygens (including phenoxy) is 1. The Labute approximate surface area is 194 Å². The summed E-state index contributed by atoms with van der Waals surface area (Å²) in [4.78, 5) is 34.9. The summed E-state index contributed by atoms with van der Waals surface area (Å²) in [6.07, 6.45) is 6.35. The van der Waals surface area contributed by atoms with Crippen LogP contribution in [0, 0.1) is 6.92 Å². The third kappa shape index (κ3) is 4.71. The van der Waals surface area contributed by atoms with Gasteiger partial charge in [0.1, 0.15) is 12.4 Å². The van der Waals surface area contributed by atoms with E-state index >= 15 is 0 Å². The van der Waals surface area contributed by atoms with Crippen molar-refractivity contribution in [1.82, 2.24) is 24.8 Å². The van der Waals surface area contributed by atoms with Crippen LogP contribution in [0.25, 0.3) is 11.1 Å². The summed E-state index contributed by atoms with van der Waals surface area (Å²) >= 11 is 0. The normalized spacial score (nSPS) is 16.5. The Balaban J connectivity index is 1.65. The first kappa shape index (κ1) is 22.8. The van der Waals surface area contributed by atoms with Crippen molar-refractivity contribution in [3.05, 3.63) is 66.0 Å². The third-order valence-corrected chi connectivity index (χ3v) is 6.04. The second-order valence-electron chi connectivity index (χ2n) is 9.09. The van der Waals surface area contributed by atoms with E-state index in [0.717, 1.165) is 22.4 Å². The van der Waals surface area contributed by atoms with Crippen molar-refractivity contribution >= 4 is 11.9 Å². The number of aryl methyl sites for hydroxylation is 1. The van der Waals surface area contributed by atoms with E-state index in [1.807, 2.05) is 68.9 Å². The van der Waals surface area contributed by atoms with Crippen LogP contribution in [0.5, 0.6) is 0 Å². The van der Waals surface area contributed by atoms with Gasteiger partial charge in [-0.25, -0.2) is 19.9 Å². The van der Waals surface area contributed by atoms with Crippen molar-refractivity contribution in [3.63, 3.8) is 0 Å². The highest BCUT2D eigenvalue weighted by Crippen LogP contribution is 2.33. The Morgan fingerprint density at radius 3 is 2.48 bits per heavy atom. The van der Waals surface area contributed by atoms with Gasteiger partial charge < -0.3 is 14.5 Å². The van der Waals surface area contributed by atoms with E-state index in [-0.39, 0.29) is 12.0 Å². The minimum Gasteiger partial charge on any atom is -0.368 e. The van der Waals surface area contributed by atoms with Crippen LogP contribution in [0.3, 0.4) is 0 Å². The molecule has 0 radical (unpaired) electrons. The van der Waals surface area contributed by atoms with Crippen molar-refractivity contribution in [2.45, 2.75) is 32.3 Å². The average molecular weight is 447 g/mol. The van der Waals surface area contributed by atoms with Gasteiger partial charge in [-0.3, -0.25) is 4.79 Å². The summed E-state index contributed by atoms with van der Waals surface area (Å²) in [6.45, 7) is 7.40. The molecule has 172 valence electrons. The number of nitrogens with zero attached hydrogens (tertiary/aromatic N) is 6. The van der Waals surface area contributed by atoms with Crippen molar-refractivity contribution in [2.75, 3.05) is 38.7 Å². The monoisotopic (exact) mass is 446 g/mol. The summed E-state index contributed by atoms with van der Waals surface area (Å²) in [5.41, 5.74) is 3.87. The molecule has 1 aliphatic heterocycles. The van der Waals surface area contributed by atoms with Crippen LogP contribution in [0.1, 0.15) is 36.8 Å². The van der Waals surface area contributed by atoms with Crippen LogP contribution < -0.4 is 4.90 Å². The van der Waals surface area contributed by atoms with Crippen LogP contribution in [0.2, 0.25) is 0 Å². The molecule has 1 atom stereocenters. The number of hydrogen-bond acceptors (Lipinski definition) is 7. The minimum atomic E-state index is -0.647. The standard InChI is InChI=1S/C25H30N6O2/c1-17-6-8-19(9-7-17)25(2,3)23(32)31-10-11-33-21(15-31)22-20(18-12-26-16-27-13-18)14-28-24(29-22)30(4)5/h6-9,12-14,16,21H,10-11,15H2,1-5H3/t21-/m0/s1. The molecule has 8 heteroatoms. The molecule has 3 aromatic rings. The van der Waals surface area contributed by atoms with Gasteiger partial charge in [0.2, 0.25) is 11.9 Å². The molecule has 0 aliphatic carbocycles. The Bertz CT molecular complexity index is 1120. The smallest absolute Gasteiger partial charge is 0.232 e. The Morgan fingerprint density at radius 1 is 1.12 bits per heavy atom. The first-order chi connectivity index (χ1) is 15.8. The van der Waals surface area contributed by atoms with E-state index in [2.05, 4.69) is 15.0 Å². The fourth-order valence-electron chi connectivity index (χ4n) is 3.99. The van der Waals surface area contributed by atoms with Gasteiger partial charge in [-0.15, -0.1) is 0 Å². The number of aromatic nitrogens is 4. The fraction of sp³-hybridized carbons (Fsp3) is 0.400. The molecule has 1 amide bonds. The molecule has 8 nitrogen and oxygen atoms in total. The molecule has 33 heavy (non-hydrogen) atoms. The number of benzene rings is 1. The highest BCUT2D eigenvalue weighted by molar-refractivity contribution is 5.87. The summed E-state index contributed by atoms with van der Waals surface area (Å²) < 4.78 is 6.13. The van der Waals surface area contributed by atoms with Crippen molar-refractivity contribution in [1.29, 1.82) is 0 Å². The van der Waals surface area contributed by atoms with Crippen LogP contribution in [0.4, 0.5) is 5.95 Å². The number of carbonyl (C=O) groups is 1. The lowest BCUT2D eigenvalue weighted by Crippen LogP contribution is -2.49. The molecule has 1 fully saturated rings. The largest absolute Gasteiger partial charge is 0.368 e. The van der Waals surface area contributed by atoms with Crippen LogP contribution in [-0.4, -0.2) is 64.5 Å². The van der Waals surface area contributed by atoms with Gasteiger partial charge in [0, 0.05) is 50.4 Å². The molecular formula is C25H30N6O2. The lowest BCUT2D eigenvalue weighted by molar-refractivity contribution is -0.144. The Kier molecular flexibility index (Phi) is 6.37. The zero-order chi connectivity index (χ0) is 23.6. The molecular weight excluding hydrogens is 416 g/mol. The minimum absolute atomic E-state index is 0.0751. The molecule has 0 bridgehead atoms. The van der Waals surface area contributed by atoms with Crippen molar-refractivity contribution in [3.8, 4) is 11.1 Å². The maximum Gasteiger partial charge on any atom is 0.232 e. The number of hydrogen-bond donors (Lipinski definition) is 0. The first-order valence-electron chi connectivity index (χ1n) is 11.0. The Hall–Kier alpha value is -3.39. The first-order valence-corrected chi connectivity index (χ1v) is 11.0. The van der Waals surface area contributed by atoms with Gasteiger partial charge in [-0.05, 0) is 26.3 Å². The molecule has 0 saturated carbocycles. The topological polar surface area (TPSA) is 84.3 Å². The SMILES string of the molecule is Cc1ccc(C(C)(C)C(=O)N2CCO[C@H](c3nc(N(C)C)ncc3-c3cncnc3)C2)cc1. The van der Waals surface area contributed by atoms with Crippen molar-refractivity contribution in [2.24, 2.45) is 0 Å².